The molecular formula is C19H18ClNO3S2. The molecule has 0 amide bonds. The van der Waals surface area contributed by atoms with Crippen LogP contribution in [0, 0.1) is 3.95 Å². The van der Waals surface area contributed by atoms with Crippen LogP contribution in [0.3, 0.4) is 0 Å². The monoisotopic (exact) mass is 407 g/mol. The van der Waals surface area contributed by atoms with Gasteiger partial charge in [-0.1, -0.05) is 23.7 Å². The number of halogens is 1. The van der Waals surface area contributed by atoms with Crippen molar-refractivity contribution in [2.45, 2.75) is 6.54 Å². The summed E-state index contributed by atoms with van der Waals surface area (Å²) in [6.45, 7) is 0.658. The van der Waals surface area contributed by atoms with E-state index in [2.05, 4.69) is 4.57 Å². The maximum Gasteiger partial charge on any atom is 0.203 e. The fourth-order valence-electron chi connectivity index (χ4n) is 2.71. The summed E-state index contributed by atoms with van der Waals surface area (Å²) in [6.07, 6.45) is 0. The van der Waals surface area contributed by atoms with Crippen LogP contribution >= 0.6 is 35.2 Å². The van der Waals surface area contributed by atoms with Crippen molar-refractivity contribution in [3.05, 3.63) is 56.3 Å². The van der Waals surface area contributed by atoms with E-state index in [4.69, 9.17) is 38.0 Å². The minimum Gasteiger partial charge on any atom is -0.493 e. The molecule has 0 spiro atoms. The van der Waals surface area contributed by atoms with Gasteiger partial charge in [0.25, 0.3) is 0 Å². The number of aromatic nitrogens is 1. The molecule has 2 aromatic carbocycles. The lowest BCUT2D eigenvalue weighted by Gasteiger charge is -2.15. The Morgan fingerprint density at radius 2 is 1.62 bits per heavy atom. The maximum absolute atomic E-state index is 5.98. The minimum absolute atomic E-state index is 0.567. The first-order valence-corrected chi connectivity index (χ1v) is 9.47. The number of thiazole rings is 1. The minimum atomic E-state index is 0.567. The molecule has 3 aromatic rings. The lowest BCUT2D eigenvalue weighted by Crippen LogP contribution is -2.02. The fraction of sp³-hybridized carbons (Fsp3) is 0.211. The van der Waals surface area contributed by atoms with Crippen molar-refractivity contribution >= 4 is 35.2 Å². The normalized spacial score (nSPS) is 10.6. The third kappa shape index (κ3) is 3.72. The Morgan fingerprint density at radius 1 is 1.00 bits per heavy atom. The van der Waals surface area contributed by atoms with E-state index < -0.39 is 0 Å². The summed E-state index contributed by atoms with van der Waals surface area (Å²) in [5, 5.41) is 2.76. The van der Waals surface area contributed by atoms with E-state index in [1.807, 2.05) is 41.8 Å². The number of ether oxygens (including phenoxy) is 3. The summed E-state index contributed by atoms with van der Waals surface area (Å²) in [5.41, 5.74) is 3.06. The first kappa shape index (κ1) is 18.8. The second kappa shape index (κ2) is 8.12. The van der Waals surface area contributed by atoms with Crippen molar-refractivity contribution in [3.8, 4) is 28.5 Å². The third-order valence-corrected chi connectivity index (χ3v) is 5.52. The second-order valence-corrected chi connectivity index (χ2v) is 7.45. The Bertz CT molecular complexity index is 939. The van der Waals surface area contributed by atoms with Crippen LogP contribution in [0.15, 0.2) is 41.8 Å². The predicted molar refractivity (Wildman–Crippen MR) is 109 cm³/mol. The maximum atomic E-state index is 5.98. The van der Waals surface area contributed by atoms with Crippen LogP contribution in [0.1, 0.15) is 5.56 Å². The van der Waals surface area contributed by atoms with E-state index in [-0.39, 0.29) is 0 Å². The van der Waals surface area contributed by atoms with Crippen molar-refractivity contribution in [2.75, 3.05) is 21.3 Å². The Hall–Kier alpha value is -2.02. The second-order valence-electron chi connectivity index (χ2n) is 5.51. The van der Waals surface area contributed by atoms with Gasteiger partial charge < -0.3 is 18.8 Å². The number of methoxy groups -OCH3 is 3. The van der Waals surface area contributed by atoms with Gasteiger partial charge in [0.05, 0.1) is 27.0 Å². The Morgan fingerprint density at radius 3 is 2.15 bits per heavy atom. The van der Waals surface area contributed by atoms with Gasteiger partial charge in [-0.2, -0.15) is 0 Å². The van der Waals surface area contributed by atoms with E-state index in [9.17, 15) is 0 Å². The van der Waals surface area contributed by atoms with Gasteiger partial charge in [0.1, 0.15) is 0 Å². The lowest BCUT2D eigenvalue weighted by molar-refractivity contribution is 0.324. The largest absolute Gasteiger partial charge is 0.493 e. The highest BCUT2D eigenvalue weighted by Crippen LogP contribution is 2.41. The predicted octanol–water partition coefficient (Wildman–Crippen LogP) is 5.67. The van der Waals surface area contributed by atoms with Gasteiger partial charge in [0, 0.05) is 22.5 Å². The first-order valence-electron chi connectivity index (χ1n) is 7.80. The van der Waals surface area contributed by atoms with Crippen molar-refractivity contribution in [1.29, 1.82) is 0 Å². The summed E-state index contributed by atoms with van der Waals surface area (Å²) in [4.78, 5) is 0. The van der Waals surface area contributed by atoms with Crippen LogP contribution in [0.4, 0.5) is 0 Å². The van der Waals surface area contributed by atoms with Gasteiger partial charge in [-0.25, -0.2) is 0 Å². The molecule has 1 aromatic heterocycles. The molecule has 0 N–H and O–H groups in total. The molecule has 136 valence electrons. The standard InChI is InChI=1S/C19H18ClNO3S2/c1-22-16-8-13(9-17(23-2)18(16)24-3)15-11-26-19(25)21(15)10-12-4-6-14(20)7-5-12/h4-9,11H,10H2,1-3H3. The van der Waals surface area contributed by atoms with E-state index in [0.29, 0.717) is 28.8 Å². The van der Waals surface area contributed by atoms with E-state index >= 15 is 0 Å². The zero-order chi connectivity index (χ0) is 18.7. The highest BCUT2D eigenvalue weighted by Gasteiger charge is 2.16. The number of rotatable bonds is 6. The number of hydrogen-bond donors (Lipinski definition) is 0. The van der Waals surface area contributed by atoms with Crippen molar-refractivity contribution < 1.29 is 14.2 Å². The summed E-state index contributed by atoms with van der Waals surface area (Å²) >= 11 is 13.0. The molecule has 0 aliphatic rings. The number of benzene rings is 2. The quantitative estimate of drug-likeness (QED) is 0.492. The molecule has 0 aliphatic carbocycles. The number of hydrogen-bond acceptors (Lipinski definition) is 5. The third-order valence-electron chi connectivity index (χ3n) is 4.00. The average molecular weight is 408 g/mol. The molecule has 3 rings (SSSR count). The zero-order valence-corrected chi connectivity index (χ0v) is 17.0. The Balaban J connectivity index is 2.08. The molecule has 0 radical (unpaired) electrons. The topological polar surface area (TPSA) is 32.6 Å². The molecule has 26 heavy (non-hydrogen) atoms. The van der Waals surface area contributed by atoms with Crippen LogP contribution in [0.25, 0.3) is 11.3 Å². The molecule has 1 heterocycles. The first-order chi connectivity index (χ1) is 12.6. The molecule has 0 fully saturated rings. The van der Waals surface area contributed by atoms with Crippen LogP contribution in [-0.2, 0) is 6.54 Å². The summed E-state index contributed by atoms with van der Waals surface area (Å²) < 4.78 is 19.2. The van der Waals surface area contributed by atoms with E-state index in [1.54, 1.807) is 21.3 Å². The highest BCUT2D eigenvalue weighted by atomic mass is 35.5. The molecule has 0 aliphatic heterocycles. The van der Waals surface area contributed by atoms with Gasteiger partial charge in [-0.05, 0) is 42.0 Å². The van der Waals surface area contributed by atoms with E-state index in [1.165, 1.54) is 11.3 Å². The SMILES string of the molecule is COc1cc(-c2csc(=S)n2Cc2ccc(Cl)cc2)cc(OC)c1OC. The van der Waals surface area contributed by atoms with Crippen LogP contribution in [0.2, 0.25) is 5.02 Å². The highest BCUT2D eigenvalue weighted by molar-refractivity contribution is 7.73. The smallest absolute Gasteiger partial charge is 0.203 e. The van der Waals surface area contributed by atoms with Crippen LogP contribution in [0.5, 0.6) is 17.2 Å². The van der Waals surface area contributed by atoms with Crippen molar-refractivity contribution in [2.24, 2.45) is 0 Å². The van der Waals surface area contributed by atoms with Gasteiger partial charge in [0.15, 0.2) is 15.5 Å². The summed E-state index contributed by atoms with van der Waals surface area (Å²) in [6, 6.07) is 11.6. The van der Waals surface area contributed by atoms with Crippen LogP contribution in [-0.4, -0.2) is 25.9 Å². The molecule has 0 unspecified atom stereocenters. The van der Waals surface area contributed by atoms with Crippen LogP contribution < -0.4 is 14.2 Å². The molecule has 0 bridgehead atoms. The van der Waals surface area contributed by atoms with Gasteiger partial charge in [-0.15, -0.1) is 11.3 Å². The molecule has 0 saturated heterocycles. The van der Waals surface area contributed by atoms with Gasteiger partial charge in [-0.3, -0.25) is 0 Å². The van der Waals surface area contributed by atoms with Crippen molar-refractivity contribution in [3.63, 3.8) is 0 Å². The van der Waals surface area contributed by atoms with Crippen molar-refractivity contribution in [1.82, 2.24) is 4.57 Å². The number of nitrogens with zero attached hydrogens (tertiary/aromatic N) is 1. The molecule has 4 nitrogen and oxygen atoms in total. The molecule has 0 atom stereocenters. The summed E-state index contributed by atoms with van der Waals surface area (Å²) in [7, 11) is 4.80. The average Bonchev–Trinajstić information content (AvgIpc) is 3.02. The molecule has 0 saturated carbocycles. The van der Waals surface area contributed by atoms with E-state index in [0.717, 1.165) is 20.8 Å². The zero-order valence-electron chi connectivity index (χ0n) is 14.6. The molecule has 7 heteroatoms. The van der Waals surface area contributed by atoms with Gasteiger partial charge in [0.2, 0.25) is 5.75 Å². The Kier molecular flexibility index (Phi) is 5.86. The summed E-state index contributed by atoms with van der Waals surface area (Å²) in [5.74, 6) is 1.78. The lowest BCUT2D eigenvalue weighted by atomic mass is 10.1. The Labute approximate surface area is 166 Å². The molecular weight excluding hydrogens is 390 g/mol. The fourth-order valence-corrected chi connectivity index (χ4v) is 3.91. The van der Waals surface area contributed by atoms with Gasteiger partial charge >= 0.3 is 0 Å².